The van der Waals surface area contributed by atoms with E-state index in [-0.39, 0.29) is 17.7 Å². The van der Waals surface area contributed by atoms with E-state index in [2.05, 4.69) is 23.1 Å². The van der Waals surface area contributed by atoms with E-state index < -0.39 is 0 Å². The van der Waals surface area contributed by atoms with Gasteiger partial charge in [0.05, 0.1) is 0 Å². The van der Waals surface area contributed by atoms with Gasteiger partial charge in [-0.2, -0.15) is 0 Å². The summed E-state index contributed by atoms with van der Waals surface area (Å²) in [7, 11) is 0. The molecule has 174 valence electrons. The number of hydrogen-bond donors (Lipinski definition) is 3. The van der Waals surface area contributed by atoms with E-state index in [9.17, 15) is 14.4 Å². The van der Waals surface area contributed by atoms with Crippen LogP contribution in [0, 0.1) is 0 Å². The predicted molar refractivity (Wildman–Crippen MR) is 127 cm³/mol. The Hall–Kier alpha value is -2.37. The summed E-state index contributed by atoms with van der Waals surface area (Å²) in [6.07, 6.45) is 15.3. The first kappa shape index (κ1) is 26.7. The monoisotopic (exact) mass is 431 g/mol. The molecule has 3 N–H and O–H groups in total. The minimum Gasteiger partial charge on any atom is -0.326 e. The van der Waals surface area contributed by atoms with Crippen LogP contribution in [0.15, 0.2) is 24.3 Å². The second kappa shape index (κ2) is 17.3. The quantitative estimate of drug-likeness (QED) is 0.225. The van der Waals surface area contributed by atoms with Crippen molar-refractivity contribution >= 4 is 23.4 Å². The first-order valence-electron chi connectivity index (χ1n) is 12.1. The van der Waals surface area contributed by atoms with Crippen LogP contribution in [-0.2, 0) is 9.59 Å². The number of unbranched alkanes of at least 4 members (excludes halogenated alkanes) is 10. The number of carbonyl (C=O) groups excluding carboxylic acids is 3. The highest BCUT2D eigenvalue weighted by molar-refractivity contribution is 5.96. The molecule has 0 saturated carbocycles. The lowest BCUT2D eigenvalue weighted by Crippen LogP contribution is -2.41. The van der Waals surface area contributed by atoms with Gasteiger partial charge < -0.3 is 5.32 Å². The summed E-state index contributed by atoms with van der Waals surface area (Å²) in [5.74, 6) is -0.596. The average molecular weight is 432 g/mol. The molecule has 0 aliphatic carbocycles. The van der Waals surface area contributed by atoms with Crippen molar-refractivity contribution in [2.75, 3.05) is 5.32 Å². The Balaban J connectivity index is 2.08. The van der Waals surface area contributed by atoms with Crippen molar-refractivity contribution in [1.29, 1.82) is 0 Å². The molecule has 0 saturated heterocycles. The minimum absolute atomic E-state index is 0.0469. The molecule has 1 aromatic rings. The molecule has 0 fully saturated rings. The number of amides is 3. The van der Waals surface area contributed by atoms with E-state index in [1.807, 2.05) is 6.92 Å². The molecule has 0 unspecified atom stereocenters. The van der Waals surface area contributed by atoms with Gasteiger partial charge in [0.2, 0.25) is 11.8 Å². The highest BCUT2D eigenvalue weighted by atomic mass is 16.2. The highest BCUT2D eigenvalue weighted by Gasteiger charge is 2.08. The molecule has 0 atom stereocenters. The summed E-state index contributed by atoms with van der Waals surface area (Å²) in [6, 6.07) is 6.59. The number of anilines is 1. The molecule has 0 aromatic heterocycles. The van der Waals surface area contributed by atoms with Crippen LogP contribution in [0.3, 0.4) is 0 Å². The molecule has 0 aliphatic heterocycles. The normalized spacial score (nSPS) is 10.5. The number of hydrogen-bond acceptors (Lipinski definition) is 3. The van der Waals surface area contributed by atoms with Crippen LogP contribution < -0.4 is 16.2 Å². The lowest BCUT2D eigenvalue weighted by atomic mass is 10.1. The Morgan fingerprint density at radius 1 is 0.613 bits per heavy atom. The Labute approximate surface area is 187 Å². The SMILES string of the molecule is CCCCCCCCCCCCCC(=O)NNC(=O)c1ccc(NC(=O)CCC)cc1. The van der Waals surface area contributed by atoms with Gasteiger partial charge in [0.1, 0.15) is 0 Å². The molecule has 0 radical (unpaired) electrons. The lowest BCUT2D eigenvalue weighted by molar-refractivity contribution is -0.122. The van der Waals surface area contributed by atoms with Crippen LogP contribution in [0.1, 0.15) is 114 Å². The number of benzene rings is 1. The van der Waals surface area contributed by atoms with Gasteiger partial charge in [0.25, 0.3) is 5.91 Å². The first-order chi connectivity index (χ1) is 15.1. The van der Waals surface area contributed by atoms with Crippen LogP contribution in [0.25, 0.3) is 0 Å². The van der Waals surface area contributed by atoms with E-state index in [1.165, 1.54) is 51.4 Å². The standard InChI is InChI=1S/C25H41N3O3/c1-3-5-6-7-8-9-10-11-12-13-14-16-24(30)27-28-25(31)21-17-19-22(20-18-21)26-23(29)15-4-2/h17-20H,3-16H2,1-2H3,(H,26,29)(H,27,30)(H,28,31). The summed E-state index contributed by atoms with van der Waals surface area (Å²) in [5, 5.41) is 2.77. The van der Waals surface area contributed by atoms with Gasteiger partial charge in [0, 0.05) is 24.1 Å². The van der Waals surface area contributed by atoms with Crippen molar-refractivity contribution in [3.63, 3.8) is 0 Å². The smallest absolute Gasteiger partial charge is 0.269 e. The minimum atomic E-state index is -0.376. The molecule has 6 nitrogen and oxygen atoms in total. The summed E-state index contributed by atoms with van der Waals surface area (Å²) in [4.78, 5) is 35.6. The van der Waals surface area contributed by atoms with E-state index in [1.54, 1.807) is 24.3 Å². The van der Waals surface area contributed by atoms with Crippen LogP contribution in [0.5, 0.6) is 0 Å². The Morgan fingerprint density at radius 3 is 1.71 bits per heavy atom. The van der Waals surface area contributed by atoms with E-state index in [0.717, 1.165) is 25.7 Å². The largest absolute Gasteiger partial charge is 0.326 e. The van der Waals surface area contributed by atoms with Crippen LogP contribution in [-0.4, -0.2) is 17.7 Å². The van der Waals surface area contributed by atoms with Crippen LogP contribution >= 0.6 is 0 Å². The molecular formula is C25H41N3O3. The van der Waals surface area contributed by atoms with Gasteiger partial charge in [-0.1, -0.05) is 78.1 Å². The molecule has 0 spiro atoms. The fourth-order valence-electron chi connectivity index (χ4n) is 3.37. The topological polar surface area (TPSA) is 87.3 Å². The third kappa shape index (κ3) is 13.5. The Bertz CT molecular complexity index is 644. The van der Waals surface area contributed by atoms with E-state index in [4.69, 9.17) is 0 Å². The zero-order chi connectivity index (χ0) is 22.7. The van der Waals surface area contributed by atoms with Gasteiger partial charge >= 0.3 is 0 Å². The second-order valence-corrected chi connectivity index (χ2v) is 8.16. The van der Waals surface area contributed by atoms with Crippen LogP contribution in [0.4, 0.5) is 5.69 Å². The lowest BCUT2D eigenvalue weighted by Gasteiger charge is -2.09. The predicted octanol–water partition coefficient (Wildman–Crippen LogP) is 5.89. The molecule has 0 heterocycles. The molecule has 1 aromatic carbocycles. The summed E-state index contributed by atoms with van der Waals surface area (Å²) >= 11 is 0. The van der Waals surface area contributed by atoms with Crippen molar-refractivity contribution in [3.05, 3.63) is 29.8 Å². The van der Waals surface area contributed by atoms with E-state index in [0.29, 0.717) is 24.1 Å². The Kier molecular flexibility index (Phi) is 14.9. The maximum Gasteiger partial charge on any atom is 0.269 e. The molecular weight excluding hydrogens is 390 g/mol. The molecule has 31 heavy (non-hydrogen) atoms. The maximum absolute atomic E-state index is 12.1. The van der Waals surface area contributed by atoms with Gasteiger partial charge in [-0.05, 0) is 37.1 Å². The first-order valence-corrected chi connectivity index (χ1v) is 12.1. The second-order valence-electron chi connectivity index (χ2n) is 8.16. The molecule has 3 amide bonds. The van der Waals surface area contributed by atoms with Crippen molar-refractivity contribution in [2.24, 2.45) is 0 Å². The van der Waals surface area contributed by atoms with Crippen molar-refractivity contribution in [1.82, 2.24) is 10.9 Å². The number of nitrogens with one attached hydrogen (secondary N) is 3. The summed E-state index contributed by atoms with van der Waals surface area (Å²) < 4.78 is 0. The average Bonchev–Trinajstić information content (AvgIpc) is 2.76. The number of rotatable bonds is 16. The van der Waals surface area contributed by atoms with Crippen LogP contribution in [0.2, 0.25) is 0 Å². The summed E-state index contributed by atoms with van der Waals surface area (Å²) in [6.45, 7) is 4.18. The Morgan fingerprint density at radius 2 is 1.16 bits per heavy atom. The fourth-order valence-corrected chi connectivity index (χ4v) is 3.37. The molecule has 0 aliphatic rings. The number of hydrazine groups is 1. The van der Waals surface area contributed by atoms with Gasteiger partial charge in [-0.25, -0.2) is 0 Å². The van der Waals surface area contributed by atoms with E-state index >= 15 is 0 Å². The van der Waals surface area contributed by atoms with Gasteiger partial charge in [-0.15, -0.1) is 0 Å². The fraction of sp³-hybridized carbons (Fsp3) is 0.640. The van der Waals surface area contributed by atoms with Gasteiger partial charge in [-0.3, -0.25) is 25.2 Å². The van der Waals surface area contributed by atoms with Gasteiger partial charge in [0.15, 0.2) is 0 Å². The third-order valence-corrected chi connectivity index (χ3v) is 5.23. The maximum atomic E-state index is 12.1. The third-order valence-electron chi connectivity index (χ3n) is 5.23. The highest BCUT2D eigenvalue weighted by Crippen LogP contribution is 2.12. The number of carbonyl (C=O) groups is 3. The molecule has 1 rings (SSSR count). The summed E-state index contributed by atoms with van der Waals surface area (Å²) in [5.41, 5.74) is 5.98. The van der Waals surface area contributed by atoms with Crippen molar-refractivity contribution < 1.29 is 14.4 Å². The molecule has 6 heteroatoms. The molecule has 0 bridgehead atoms. The zero-order valence-corrected chi connectivity index (χ0v) is 19.4. The zero-order valence-electron chi connectivity index (χ0n) is 19.4. The van der Waals surface area contributed by atoms with Crippen molar-refractivity contribution in [3.8, 4) is 0 Å². The van der Waals surface area contributed by atoms with Crippen molar-refractivity contribution in [2.45, 2.75) is 104 Å².